The van der Waals surface area contributed by atoms with Gasteiger partial charge in [-0.15, -0.1) is 0 Å². The molecule has 2 aromatic heterocycles. The molecule has 1 aliphatic carbocycles. The third-order valence-electron chi connectivity index (χ3n) is 6.50. The summed E-state index contributed by atoms with van der Waals surface area (Å²) in [5.74, 6) is -1.01. The number of esters is 1. The van der Waals surface area contributed by atoms with Gasteiger partial charge in [-0.3, -0.25) is 14.4 Å². The van der Waals surface area contributed by atoms with Crippen molar-refractivity contribution in [3.05, 3.63) is 53.0 Å². The topological polar surface area (TPSA) is 161 Å². The van der Waals surface area contributed by atoms with Gasteiger partial charge in [-0.2, -0.15) is 5.10 Å². The van der Waals surface area contributed by atoms with Crippen LogP contribution in [0, 0.1) is 13.8 Å². The number of ether oxygens (including phenoxy) is 2. The fourth-order valence-corrected chi connectivity index (χ4v) is 4.12. The number of aryl methyl sites for hydroxylation is 2. The average molecular weight is 565 g/mol. The van der Waals surface area contributed by atoms with E-state index in [2.05, 4.69) is 20.7 Å². The molecule has 0 bridgehead atoms. The van der Waals surface area contributed by atoms with Gasteiger partial charge < -0.3 is 24.9 Å². The standard InChI is InChI=1S/C28H32N6O7/c1-4-11-33(28(39)41-16-40-23(36)6-5-12-35)27(38)19-8-7-17(2)22(13-19)32-25-24-18(3)21(14-34(24)30-15-29-25)26(37)31-20-9-10-20/h7-8,12-15,20H,4-6,9-11,16H2,1-3H3,(H,31,37)(H,29,30,32). The quantitative estimate of drug-likeness (QED) is 0.189. The van der Waals surface area contributed by atoms with Crippen LogP contribution in [0.5, 0.6) is 0 Å². The second-order valence-corrected chi connectivity index (χ2v) is 9.68. The van der Waals surface area contributed by atoms with Crippen LogP contribution in [0.4, 0.5) is 16.3 Å². The lowest BCUT2D eigenvalue weighted by molar-refractivity contribution is -0.152. The van der Waals surface area contributed by atoms with Crippen LogP contribution in [0.15, 0.2) is 30.7 Å². The van der Waals surface area contributed by atoms with E-state index in [9.17, 15) is 24.0 Å². The van der Waals surface area contributed by atoms with Crippen LogP contribution in [0.1, 0.15) is 70.9 Å². The Bertz CT molecular complexity index is 1480. The Morgan fingerprint density at radius 3 is 2.66 bits per heavy atom. The third-order valence-corrected chi connectivity index (χ3v) is 6.50. The number of hydrogen-bond acceptors (Lipinski definition) is 10. The molecule has 13 heteroatoms. The van der Waals surface area contributed by atoms with Crippen LogP contribution in [-0.2, 0) is 19.1 Å². The maximum absolute atomic E-state index is 13.3. The van der Waals surface area contributed by atoms with Crippen molar-refractivity contribution < 1.29 is 33.4 Å². The zero-order chi connectivity index (χ0) is 29.5. The molecule has 3 aromatic rings. The highest BCUT2D eigenvalue weighted by atomic mass is 16.7. The number of nitrogens with zero attached hydrogens (tertiary/aromatic N) is 4. The lowest BCUT2D eigenvalue weighted by Crippen LogP contribution is -2.38. The molecule has 216 valence electrons. The maximum Gasteiger partial charge on any atom is 0.419 e. The Balaban J connectivity index is 1.52. The first-order valence-electron chi connectivity index (χ1n) is 13.3. The van der Waals surface area contributed by atoms with E-state index in [1.54, 1.807) is 35.8 Å². The number of rotatable bonds is 12. The summed E-state index contributed by atoms with van der Waals surface area (Å²) in [5.41, 5.74) is 3.41. The first-order chi connectivity index (χ1) is 19.7. The van der Waals surface area contributed by atoms with E-state index in [-0.39, 0.29) is 36.9 Å². The number of hydrogen-bond donors (Lipinski definition) is 2. The van der Waals surface area contributed by atoms with Crippen molar-refractivity contribution >= 4 is 47.2 Å². The molecule has 0 spiro atoms. The van der Waals surface area contributed by atoms with Gasteiger partial charge >= 0.3 is 12.1 Å². The lowest BCUT2D eigenvalue weighted by atomic mass is 10.1. The molecule has 0 unspecified atom stereocenters. The van der Waals surface area contributed by atoms with Gasteiger partial charge in [0.25, 0.3) is 11.8 Å². The van der Waals surface area contributed by atoms with E-state index in [0.29, 0.717) is 40.9 Å². The third kappa shape index (κ3) is 7.04. The van der Waals surface area contributed by atoms with E-state index >= 15 is 0 Å². The van der Waals surface area contributed by atoms with Crippen molar-refractivity contribution in [2.45, 2.75) is 58.9 Å². The second-order valence-electron chi connectivity index (χ2n) is 9.68. The van der Waals surface area contributed by atoms with Crippen LogP contribution >= 0.6 is 0 Å². The molecule has 2 heterocycles. The Morgan fingerprint density at radius 2 is 1.95 bits per heavy atom. The number of carbonyl (C=O) groups is 5. The molecule has 1 saturated carbocycles. The smallest absolute Gasteiger partial charge is 0.419 e. The molecule has 0 aliphatic heterocycles. The molecule has 3 amide bonds. The van der Waals surface area contributed by atoms with Gasteiger partial charge in [-0.1, -0.05) is 13.0 Å². The van der Waals surface area contributed by atoms with Gasteiger partial charge in [-0.05, 0) is 56.4 Å². The van der Waals surface area contributed by atoms with Crippen molar-refractivity contribution in [3.8, 4) is 0 Å². The first-order valence-corrected chi connectivity index (χ1v) is 13.3. The number of amides is 3. The highest BCUT2D eigenvalue weighted by Crippen LogP contribution is 2.28. The summed E-state index contributed by atoms with van der Waals surface area (Å²) >= 11 is 0. The average Bonchev–Trinajstić information content (AvgIpc) is 3.71. The molecule has 1 aliphatic rings. The molecule has 13 nitrogen and oxygen atoms in total. The summed E-state index contributed by atoms with van der Waals surface area (Å²) in [6, 6.07) is 5.14. The van der Waals surface area contributed by atoms with Crippen molar-refractivity contribution in [1.82, 2.24) is 24.8 Å². The van der Waals surface area contributed by atoms with Crippen LogP contribution < -0.4 is 10.6 Å². The molecule has 0 radical (unpaired) electrons. The zero-order valence-corrected chi connectivity index (χ0v) is 23.1. The molecule has 4 rings (SSSR count). The van der Waals surface area contributed by atoms with Gasteiger partial charge in [0.15, 0.2) is 5.82 Å². The zero-order valence-electron chi connectivity index (χ0n) is 23.1. The Kier molecular flexibility index (Phi) is 9.27. The molecule has 1 fully saturated rings. The second kappa shape index (κ2) is 13.0. The number of fused-ring (bicyclic) bond motifs is 1. The summed E-state index contributed by atoms with van der Waals surface area (Å²) in [6.45, 7) is 4.88. The Hall–Kier alpha value is -4.81. The molecule has 0 atom stereocenters. The summed E-state index contributed by atoms with van der Waals surface area (Å²) in [5, 5.41) is 10.5. The fraction of sp³-hybridized carbons (Fsp3) is 0.393. The molecule has 41 heavy (non-hydrogen) atoms. The predicted octanol–water partition coefficient (Wildman–Crippen LogP) is 3.45. The van der Waals surface area contributed by atoms with Crippen molar-refractivity contribution in [2.24, 2.45) is 0 Å². The predicted molar refractivity (Wildman–Crippen MR) is 147 cm³/mol. The summed E-state index contributed by atoms with van der Waals surface area (Å²) < 4.78 is 11.3. The van der Waals surface area contributed by atoms with Crippen molar-refractivity contribution in [3.63, 3.8) is 0 Å². The number of aromatic nitrogens is 3. The number of carbonyl (C=O) groups excluding carboxylic acids is 5. The van der Waals surface area contributed by atoms with Crippen molar-refractivity contribution in [2.75, 3.05) is 18.7 Å². The number of anilines is 2. The van der Waals surface area contributed by atoms with Crippen LogP contribution in [-0.4, -0.2) is 69.0 Å². The Labute approximate surface area is 236 Å². The van der Waals surface area contributed by atoms with E-state index in [1.165, 1.54) is 6.33 Å². The number of aldehydes is 1. The minimum absolute atomic E-state index is 0.00144. The highest BCUT2D eigenvalue weighted by Gasteiger charge is 2.27. The molecular formula is C28H32N6O7. The SMILES string of the molecule is CCCN(C(=O)OCOC(=O)CCC=O)C(=O)c1ccc(C)c(Nc2ncnn3cc(C(=O)NC4CC4)c(C)c23)c1. The van der Waals surface area contributed by atoms with E-state index in [0.717, 1.165) is 23.3 Å². The van der Waals surface area contributed by atoms with Crippen molar-refractivity contribution in [1.29, 1.82) is 0 Å². The van der Waals surface area contributed by atoms with Gasteiger partial charge in [0, 0.05) is 36.5 Å². The molecule has 0 saturated heterocycles. The first kappa shape index (κ1) is 29.2. The van der Waals surface area contributed by atoms with E-state index in [1.807, 2.05) is 13.8 Å². The highest BCUT2D eigenvalue weighted by molar-refractivity contribution is 6.04. The summed E-state index contributed by atoms with van der Waals surface area (Å²) in [7, 11) is 0. The van der Waals surface area contributed by atoms with Crippen LogP contribution in [0.25, 0.3) is 5.52 Å². The lowest BCUT2D eigenvalue weighted by Gasteiger charge is -2.20. The number of nitrogens with one attached hydrogen (secondary N) is 2. The molecule has 1 aromatic carbocycles. The largest absolute Gasteiger partial charge is 0.428 e. The maximum atomic E-state index is 13.3. The van der Waals surface area contributed by atoms with Gasteiger partial charge in [0.05, 0.1) is 12.0 Å². The summed E-state index contributed by atoms with van der Waals surface area (Å²) in [6.07, 6.45) is 4.94. The fourth-order valence-electron chi connectivity index (χ4n) is 4.12. The van der Waals surface area contributed by atoms with Crippen LogP contribution in [0.2, 0.25) is 0 Å². The van der Waals surface area contributed by atoms with Gasteiger partial charge in [0.1, 0.15) is 18.1 Å². The Morgan fingerprint density at radius 1 is 1.17 bits per heavy atom. The van der Waals surface area contributed by atoms with E-state index < -0.39 is 24.8 Å². The summed E-state index contributed by atoms with van der Waals surface area (Å²) in [4.78, 5) is 66.0. The van der Waals surface area contributed by atoms with Gasteiger partial charge in [-0.25, -0.2) is 19.2 Å². The monoisotopic (exact) mass is 564 g/mol. The van der Waals surface area contributed by atoms with Gasteiger partial charge in [0.2, 0.25) is 6.79 Å². The van der Waals surface area contributed by atoms with Crippen LogP contribution in [0.3, 0.4) is 0 Å². The molecular weight excluding hydrogens is 532 g/mol. The number of imide groups is 1. The number of benzene rings is 1. The minimum atomic E-state index is -0.964. The molecule has 2 N–H and O–H groups in total. The normalized spacial score (nSPS) is 12.5. The minimum Gasteiger partial charge on any atom is -0.428 e. The van der Waals surface area contributed by atoms with E-state index in [4.69, 9.17) is 9.47 Å².